The average Bonchev–Trinajstić information content (AvgIpc) is 2.97. The van der Waals surface area contributed by atoms with Crippen LogP contribution in [0.1, 0.15) is 53.2 Å². The van der Waals surface area contributed by atoms with Crippen molar-refractivity contribution in [3.63, 3.8) is 0 Å². The van der Waals surface area contributed by atoms with Gasteiger partial charge in [0.05, 0.1) is 24.9 Å². The van der Waals surface area contributed by atoms with Crippen LogP contribution in [0.2, 0.25) is 0 Å². The Morgan fingerprint density at radius 2 is 2.23 bits per heavy atom. The van der Waals surface area contributed by atoms with E-state index in [-0.39, 0.29) is 23.7 Å². The number of halogens is 1. The summed E-state index contributed by atoms with van der Waals surface area (Å²) in [6, 6.07) is 4.24. The normalized spacial score (nSPS) is 20.3. The van der Waals surface area contributed by atoms with E-state index >= 15 is 0 Å². The third-order valence-corrected chi connectivity index (χ3v) is 4.94. The number of ether oxygens (including phenoxy) is 1. The van der Waals surface area contributed by atoms with Crippen LogP contribution in [0.4, 0.5) is 4.39 Å². The Morgan fingerprint density at radius 1 is 1.50 bits per heavy atom. The molecule has 3 rings (SSSR count). The summed E-state index contributed by atoms with van der Waals surface area (Å²) >= 11 is 0. The van der Waals surface area contributed by atoms with Crippen LogP contribution in [0, 0.1) is 18.7 Å². The first-order chi connectivity index (χ1) is 12.4. The van der Waals surface area contributed by atoms with E-state index in [1.54, 1.807) is 19.1 Å². The fourth-order valence-electron chi connectivity index (χ4n) is 3.42. The largest absolute Gasteiger partial charge is 0.494 e. The Kier molecular flexibility index (Phi) is 5.27. The lowest BCUT2D eigenvalue weighted by Gasteiger charge is -2.38. The molecule has 1 aromatic carbocycles. The third-order valence-electron chi connectivity index (χ3n) is 4.94. The zero-order valence-corrected chi connectivity index (χ0v) is 15.1. The molecule has 0 spiro atoms. The Morgan fingerprint density at radius 3 is 2.81 bits per heavy atom. The molecule has 1 aromatic heterocycles. The van der Waals surface area contributed by atoms with Gasteiger partial charge in [0.1, 0.15) is 11.3 Å². The maximum absolute atomic E-state index is 14.2. The van der Waals surface area contributed by atoms with Crippen molar-refractivity contribution in [2.24, 2.45) is 5.92 Å². The van der Waals surface area contributed by atoms with E-state index in [0.717, 1.165) is 0 Å². The van der Waals surface area contributed by atoms with Crippen LogP contribution in [0.25, 0.3) is 0 Å². The number of aliphatic hydroxyl groups is 1. The number of carbonyl (C=O) groups excluding carboxylic acids is 1. The number of nitrogens with zero attached hydrogens (tertiary/aromatic N) is 1. The maximum Gasteiger partial charge on any atom is 0.257 e. The van der Waals surface area contributed by atoms with E-state index in [0.29, 0.717) is 41.8 Å². The minimum Gasteiger partial charge on any atom is -0.494 e. The Hall–Kier alpha value is -2.41. The fraction of sp³-hybridized carbons (Fsp3) is 0.474. The molecule has 6 nitrogen and oxygen atoms in total. The SMILES string of the molecule is CCc1noc(C)c1C(=O)N[C@H](c1ccc(OC)c(F)c1)C1CC(O)C1. The summed E-state index contributed by atoms with van der Waals surface area (Å²) in [5.41, 5.74) is 1.65. The summed E-state index contributed by atoms with van der Waals surface area (Å²) in [4.78, 5) is 12.8. The zero-order chi connectivity index (χ0) is 18.8. The number of benzene rings is 1. The molecule has 1 aliphatic carbocycles. The van der Waals surface area contributed by atoms with Gasteiger partial charge >= 0.3 is 0 Å². The number of nitrogens with one attached hydrogen (secondary N) is 1. The van der Waals surface area contributed by atoms with Crippen LogP contribution < -0.4 is 10.1 Å². The van der Waals surface area contributed by atoms with Crippen molar-refractivity contribution < 1.29 is 23.6 Å². The lowest BCUT2D eigenvalue weighted by molar-refractivity contribution is 0.0234. The first-order valence-corrected chi connectivity index (χ1v) is 8.72. The first kappa shape index (κ1) is 18.4. The number of aliphatic hydroxyl groups excluding tert-OH is 1. The van der Waals surface area contributed by atoms with Crippen LogP contribution in [-0.4, -0.2) is 29.4 Å². The summed E-state index contributed by atoms with van der Waals surface area (Å²) < 4.78 is 24.2. The molecule has 140 valence electrons. The van der Waals surface area contributed by atoms with E-state index in [1.807, 2.05) is 6.92 Å². The molecule has 7 heteroatoms. The second-order valence-electron chi connectivity index (χ2n) is 6.64. The van der Waals surface area contributed by atoms with Gasteiger partial charge in [0.25, 0.3) is 5.91 Å². The van der Waals surface area contributed by atoms with Gasteiger partial charge in [-0.05, 0) is 49.8 Å². The highest BCUT2D eigenvalue weighted by atomic mass is 19.1. The highest BCUT2D eigenvalue weighted by Crippen LogP contribution is 2.39. The molecule has 0 aliphatic heterocycles. The van der Waals surface area contributed by atoms with Crippen molar-refractivity contribution in [1.82, 2.24) is 10.5 Å². The molecule has 2 N–H and O–H groups in total. The first-order valence-electron chi connectivity index (χ1n) is 8.72. The van der Waals surface area contributed by atoms with E-state index in [1.165, 1.54) is 13.2 Å². The van der Waals surface area contributed by atoms with Gasteiger partial charge in [-0.1, -0.05) is 18.1 Å². The van der Waals surface area contributed by atoms with Gasteiger partial charge in [-0.2, -0.15) is 0 Å². The molecule has 1 atom stereocenters. The van der Waals surface area contributed by atoms with Gasteiger partial charge in [-0.25, -0.2) is 4.39 Å². The number of amides is 1. The summed E-state index contributed by atoms with van der Waals surface area (Å²) in [5, 5.41) is 16.6. The number of rotatable bonds is 6. The van der Waals surface area contributed by atoms with Crippen LogP contribution in [0.15, 0.2) is 22.7 Å². The van der Waals surface area contributed by atoms with Gasteiger partial charge in [0.2, 0.25) is 0 Å². The standard InChI is InChI=1S/C19H23FN2O4/c1-4-15-17(10(2)26-22-15)19(24)21-18(12-7-13(23)8-12)11-5-6-16(25-3)14(20)9-11/h5-6,9,12-13,18,23H,4,7-8H2,1-3H3,(H,21,24)/t12?,13?,18-/m1/s1. The van der Waals surface area contributed by atoms with Crippen molar-refractivity contribution in [1.29, 1.82) is 0 Å². The highest BCUT2D eigenvalue weighted by Gasteiger charge is 2.36. The van der Waals surface area contributed by atoms with E-state index < -0.39 is 11.9 Å². The summed E-state index contributed by atoms with van der Waals surface area (Å²) in [6.45, 7) is 3.59. The predicted octanol–water partition coefficient (Wildman–Crippen LogP) is 2.94. The van der Waals surface area contributed by atoms with Crippen molar-refractivity contribution in [2.45, 2.75) is 45.3 Å². The van der Waals surface area contributed by atoms with Crippen LogP contribution in [0.3, 0.4) is 0 Å². The molecule has 0 saturated heterocycles. The van der Waals surface area contributed by atoms with E-state index in [9.17, 15) is 14.3 Å². The minimum absolute atomic E-state index is 0.0342. The number of aromatic nitrogens is 1. The Bertz CT molecular complexity index is 799. The molecular formula is C19H23FN2O4. The molecule has 0 bridgehead atoms. The van der Waals surface area contributed by atoms with Crippen molar-refractivity contribution in [3.8, 4) is 5.75 Å². The van der Waals surface area contributed by atoms with Crippen molar-refractivity contribution in [3.05, 3.63) is 46.6 Å². The van der Waals surface area contributed by atoms with Crippen molar-refractivity contribution >= 4 is 5.91 Å². The molecule has 1 heterocycles. The van der Waals surface area contributed by atoms with E-state index in [4.69, 9.17) is 9.26 Å². The predicted molar refractivity (Wildman–Crippen MR) is 92.5 cm³/mol. The maximum atomic E-state index is 14.2. The van der Waals surface area contributed by atoms with Gasteiger partial charge in [-0.3, -0.25) is 4.79 Å². The summed E-state index contributed by atoms with van der Waals surface area (Å²) in [7, 11) is 1.40. The van der Waals surface area contributed by atoms with Gasteiger partial charge < -0.3 is 19.7 Å². The number of methoxy groups -OCH3 is 1. The Balaban J connectivity index is 1.88. The molecule has 2 aromatic rings. The van der Waals surface area contributed by atoms with Gasteiger partial charge in [0.15, 0.2) is 11.6 Å². The second kappa shape index (κ2) is 7.45. The van der Waals surface area contributed by atoms with Crippen LogP contribution in [-0.2, 0) is 6.42 Å². The zero-order valence-electron chi connectivity index (χ0n) is 15.1. The molecule has 26 heavy (non-hydrogen) atoms. The summed E-state index contributed by atoms with van der Waals surface area (Å²) in [6.07, 6.45) is 1.30. The quantitative estimate of drug-likeness (QED) is 0.825. The summed E-state index contributed by atoms with van der Waals surface area (Å²) in [5.74, 6) is -0.155. The second-order valence-corrected chi connectivity index (χ2v) is 6.64. The number of hydrogen-bond acceptors (Lipinski definition) is 5. The number of carbonyl (C=O) groups is 1. The van der Waals surface area contributed by atoms with E-state index in [2.05, 4.69) is 10.5 Å². The molecule has 1 amide bonds. The minimum atomic E-state index is -0.487. The van der Waals surface area contributed by atoms with Gasteiger partial charge in [-0.15, -0.1) is 0 Å². The molecule has 1 fully saturated rings. The number of aryl methyl sites for hydroxylation is 2. The topological polar surface area (TPSA) is 84.6 Å². The third kappa shape index (κ3) is 3.44. The monoisotopic (exact) mass is 362 g/mol. The number of hydrogen-bond donors (Lipinski definition) is 2. The molecule has 1 saturated carbocycles. The van der Waals surface area contributed by atoms with Crippen LogP contribution >= 0.6 is 0 Å². The average molecular weight is 362 g/mol. The lowest BCUT2D eigenvalue weighted by Crippen LogP contribution is -2.41. The fourth-order valence-corrected chi connectivity index (χ4v) is 3.42. The molecular weight excluding hydrogens is 339 g/mol. The van der Waals surface area contributed by atoms with Gasteiger partial charge in [0, 0.05) is 0 Å². The smallest absolute Gasteiger partial charge is 0.257 e. The Labute approximate surface area is 151 Å². The van der Waals surface area contributed by atoms with Crippen molar-refractivity contribution in [2.75, 3.05) is 7.11 Å². The van der Waals surface area contributed by atoms with Crippen LogP contribution in [0.5, 0.6) is 5.75 Å². The lowest BCUT2D eigenvalue weighted by atomic mass is 9.75. The highest BCUT2D eigenvalue weighted by molar-refractivity contribution is 5.96. The molecule has 0 radical (unpaired) electrons. The molecule has 0 unspecified atom stereocenters. The molecule has 1 aliphatic rings.